The molecule has 22 heavy (non-hydrogen) atoms. The monoisotopic (exact) mass is 312 g/mol. The lowest BCUT2D eigenvalue weighted by Gasteiger charge is -2.21. The standard InChI is InChI=1S/C12H20N4O3.C3H8/c1-4-5-16(8-10-13-6-9(2)15-10)11(17)7-14-12(18)19-3;1-3-2/h6H,4-5,7-8H2,1-3H3,(H,13,15)(H,14,18);3H2,1-2H3. The number of methoxy groups -OCH3 is 1. The Morgan fingerprint density at radius 2 is 2.00 bits per heavy atom. The summed E-state index contributed by atoms with van der Waals surface area (Å²) < 4.78 is 4.42. The van der Waals surface area contributed by atoms with E-state index in [4.69, 9.17) is 0 Å². The third kappa shape index (κ3) is 8.28. The molecular weight excluding hydrogens is 284 g/mol. The molecule has 2 amide bonds. The highest BCUT2D eigenvalue weighted by Crippen LogP contribution is 2.02. The molecule has 7 nitrogen and oxygen atoms in total. The molecule has 0 unspecified atom stereocenters. The Hall–Kier alpha value is -2.05. The first kappa shape index (κ1) is 19.9. The minimum Gasteiger partial charge on any atom is -0.453 e. The second-order valence-corrected chi connectivity index (χ2v) is 4.88. The Labute approximate surface area is 132 Å². The summed E-state index contributed by atoms with van der Waals surface area (Å²) in [5.41, 5.74) is 0.951. The Balaban J connectivity index is 0.00000135. The second-order valence-electron chi connectivity index (χ2n) is 4.88. The van der Waals surface area contributed by atoms with Crippen molar-refractivity contribution >= 4 is 12.0 Å². The quantitative estimate of drug-likeness (QED) is 0.843. The Morgan fingerprint density at radius 3 is 2.45 bits per heavy atom. The van der Waals surface area contributed by atoms with E-state index in [1.165, 1.54) is 13.5 Å². The van der Waals surface area contributed by atoms with Gasteiger partial charge in [0.05, 0.1) is 13.7 Å². The van der Waals surface area contributed by atoms with Gasteiger partial charge in [-0.05, 0) is 13.3 Å². The van der Waals surface area contributed by atoms with Crippen LogP contribution in [0.5, 0.6) is 0 Å². The first-order valence-electron chi connectivity index (χ1n) is 7.58. The highest BCUT2D eigenvalue weighted by molar-refractivity contribution is 5.82. The van der Waals surface area contributed by atoms with Crippen LogP contribution in [0.4, 0.5) is 4.79 Å². The van der Waals surface area contributed by atoms with Gasteiger partial charge in [-0.15, -0.1) is 0 Å². The van der Waals surface area contributed by atoms with Gasteiger partial charge in [0.15, 0.2) is 0 Å². The zero-order valence-electron chi connectivity index (χ0n) is 14.2. The average Bonchev–Trinajstić information content (AvgIpc) is 2.90. The van der Waals surface area contributed by atoms with E-state index < -0.39 is 6.09 Å². The largest absolute Gasteiger partial charge is 0.453 e. The number of H-pyrrole nitrogens is 1. The summed E-state index contributed by atoms with van der Waals surface area (Å²) in [4.78, 5) is 31.8. The van der Waals surface area contributed by atoms with Crippen LogP contribution < -0.4 is 5.32 Å². The van der Waals surface area contributed by atoms with Gasteiger partial charge in [-0.25, -0.2) is 9.78 Å². The fraction of sp³-hybridized carbons (Fsp3) is 0.667. The number of amides is 2. The van der Waals surface area contributed by atoms with E-state index in [0.29, 0.717) is 13.1 Å². The summed E-state index contributed by atoms with van der Waals surface area (Å²) in [6.45, 7) is 9.08. The minimum absolute atomic E-state index is 0.0770. The van der Waals surface area contributed by atoms with Crippen LogP contribution in [0.2, 0.25) is 0 Å². The van der Waals surface area contributed by atoms with Gasteiger partial charge in [-0.2, -0.15) is 0 Å². The van der Waals surface area contributed by atoms with Crippen LogP contribution in [-0.4, -0.2) is 47.1 Å². The molecule has 0 saturated heterocycles. The maximum Gasteiger partial charge on any atom is 0.407 e. The number of aromatic amines is 1. The van der Waals surface area contributed by atoms with Crippen molar-refractivity contribution in [2.75, 3.05) is 20.2 Å². The van der Waals surface area contributed by atoms with Crippen molar-refractivity contribution in [3.05, 3.63) is 17.7 Å². The molecule has 1 rings (SSSR count). The van der Waals surface area contributed by atoms with Gasteiger partial charge in [0.1, 0.15) is 12.4 Å². The number of alkyl carbamates (subject to hydrolysis) is 1. The number of ether oxygens (including phenoxy) is 1. The highest BCUT2D eigenvalue weighted by Gasteiger charge is 2.15. The van der Waals surface area contributed by atoms with E-state index in [1.807, 2.05) is 13.8 Å². The zero-order valence-corrected chi connectivity index (χ0v) is 14.2. The molecule has 0 fully saturated rings. The van der Waals surface area contributed by atoms with E-state index in [1.54, 1.807) is 11.1 Å². The number of rotatable bonds is 6. The summed E-state index contributed by atoms with van der Waals surface area (Å²) in [7, 11) is 1.26. The Morgan fingerprint density at radius 1 is 1.36 bits per heavy atom. The van der Waals surface area contributed by atoms with Crippen LogP contribution >= 0.6 is 0 Å². The number of imidazole rings is 1. The topological polar surface area (TPSA) is 87.3 Å². The fourth-order valence-corrected chi connectivity index (χ4v) is 1.62. The lowest BCUT2D eigenvalue weighted by molar-refractivity contribution is -0.130. The maximum atomic E-state index is 12.0. The second kappa shape index (κ2) is 11.6. The van der Waals surface area contributed by atoms with Gasteiger partial charge in [0.2, 0.25) is 5.91 Å². The number of hydrogen-bond donors (Lipinski definition) is 2. The minimum atomic E-state index is -0.612. The first-order chi connectivity index (χ1) is 10.5. The molecular formula is C15H28N4O3. The van der Waals surface area contributed by atoms with Crippen LogP contribution in [0.3, 0.4) is 0 Å². The van der Waals surface area contributed by atoms with Crippen molar-refractivity contribution in [3.63, 3.8) is 0 Å². The molecule has 126 valence electrons. The molecule has 0 bridgehead atoms. The molecule has 0 aliphatic rings. The molecule has 2 N–H and O–H groups in total. The zero-order chi connectivity index (χ0) is 17.0. The summed E-state index contributed by atoms with van der Waals surface area (Å²) >= 11 is 0. The van der Waals surface area contributed by atoms with E-state index in [2.05, 4.69) is 33.9 Å². The van der Waals surface area contributed by atoms with Crippen LogP contribution in [0, 0.1) is 6.92 Å². The summed E-state index contributed by atoms with van der Waals surface area (Å²) in [5, 5.41) is 2.38. The number of carbonyl (C=O) groups excluding carboxylic acids is 2. The lowest BCUT2D eigenvalue weighted by Crippen LogP contribution is -2.40. The van der Waals surface area contributed by atoms with Crippen LogP contribution in [0.1, 0.15) is 45.1 Å². The van der Waals surface area contributed by atoms with Crippen LogP contribution in [-0.2, 0) is 16.1 Å². The van der Waals surface area contributed by atoms with Crippen molar-refractivity contribution in [1.82, 2.24) is 20.2 Å². The van der Waals surface area contributed by atoms with Gasteiger partial charge < -0.3 is 19.9 Å². The number of nitrogens with zero attached hydrogens (tertiary/aromatic N) is 2. The molecule has 0 aromatic carbocycles. The van der Waals surface area contributed by atoms with Crippen LogP contribution in [0.15, 0.2) is 6.20 Å². The summed E-state index contributed by atoms with van der Waals surface area (Å²) in [6.07, 6.45) is 3.19. The molecule has 0 aliphatic carbocycles. The molecule has 0 atom stereocenters. The lowest BCUT2D eigenvalue weighted by atomic mass is 10.3. The SMILES string of the molecule is CCC.CCCN(Cc1ncc(C)[nH]1)C(=O)CNC(=O)OC. The van der Waals surface area contributed by atoms with Crippen molar-refractivity contribution in [2.45, 2.75) is 47.1 Å². The predicted octanol–water partition coefficient (Wildman–Crippen LogP) is 2.23. The predicted molar refractivity (Wildman–Crippen MR) is 85.4 cm³/mol. The Bertz CT molecular complexity index is 446. The molecule has 1 aromatic rings. The molecule has 0 spiro atoms. The van der Waals surface area contributed by atoms with Crippen molar-refractivity contribution in [2.24, 2.45) is 0 Å². The van der Waals surface area contributed by atoms with E-state index in [-0.39, 0.29) is 12.5 Å². The van der Waals surface area contributed by atoms with Gasteiger partial charge in [0, 0.05) is 18.4 Å². The van der Waals surface area contributed by atoms with E-state index >= 15 is 0 Å². The van der Waals surface area contributed by atoms with Gasteiger partial charge in [-0.1, -0.05) is 27.2 Å². The van der Waals surface area contributed by atoms with Crippen LogP contribution in [0.25, 0.3) is 0 Å². The van der Waals surface area contributed by atoms with Crippen molar-refractivity contribution in [1.29, 1.82) is 0 Å². The summed E-state index contributed by atoms with van der Waals surface area (Å²) in [5.74, 6) is 0.568. The van der Waals surface area contributed by atoms with E-state index in [9.17, 15) is 9.59 Å². The van der Waals surface area contributed by atoms with E-state index in [0.717, 1.165) is 17.9 Å². The normalized spacial score (nSPS) is 9.50. The van der Waals surface area contributed by atoms with Gasteiger partial charge >= 0.3 is 6.09 Å². The van der Waals surface area contributed by atoms with Crippen molar-refractivity contribution < 1.29 is 14.3 Å². The highest BCUT2D eigenvalue weighted by atomic mass is 16.5. The summed E-state index contributed by atoms with van der Waals surface area (Å²) in [6, 6.07) is 0. The first-order valence-corrected chi connectivity index (χ1v) is 7.58. The molecule has 1 heterocycles. The number of aryl methyl sites for hydroxylation is 1. The third-order valence-electron chi connectivity index (χ3n) is 2.51. The number of hydrogen-bond acceptors (Lipinski definition) is 4. The fourth-order valence-electron chi connectivity index (χ4n) is 1.62. The maximum absolute atomic E-state index is 12.0. The van der Waals surface area contributed by atoms with Crippen molar-refractivity contribution in [3.8, 4) is 0 Å². The smallest absolute Gasteiger partial charge is 0.407 e. The third-order valence-corrected chi connectivity index (χ3v) is 2.51. The Kier molecular flexibility index (Phi) is 10.5. The number of aromatic nitrogens is 2. The molecule has 0 aliphatic heterocycles. The molecule has 0 radical (unpaired) electrons. The molecule has 0 saturated carbocycles. The van der Waals surface area contributed by atoms with Gasteiger partial charge in [0.25, 0.3) is 0 Å². The average molecular weight is 312 g/mol. The molecule has 7 heteroatoms. The molecule has 1 aromatic heterocycles. The van der Waals surface area contributed by atoms with Gasteiger partial charge in [-0.3, -0.25) is 4.79 Å². The number of nitrogens with one attached hydrogen (secondary N) is 2. The number of carbonyl (C=O) groups is 2.